The molecule has 0 spiro atoms. The molecule has 1 aliphatic heterocycles. The third-order valence-corrected chi connectivity index (χ3v) is 5.55. The molecule has 0 radical (unpaired) electrons. The molecule has 7 heteroatoms. The first kappa shape index (κ1) is 19.7. The average Bonchev–Trinajstić information content (AvgIpc) is 3.46. The van der Waals surface area contributed by atoms with Crippen LogP contribution in [0.25, 0.3) is 0 Å². The zero-order chi connectivity index (χ0) is 20.2. The molecule has 1 unspecified atom stereocenters. The van der Waals surface area contributed by atoms with Crippen LogP contribution >= 0.6 is 0 Å². The minimum absolute atomic E-state index is 0.289. The maximum atomic E-state index is 6.02. The van der Waals surface area contributed by atoms with Crippen molar-refractivity contribution in [2.45, 2.75) is 64.6 Å². The van der Waals surface area contributed by atoms with E-state index < -0.39 is 0 Å². The molecule has 156 valence electrons. The Morgan fingerprint density at radius 2 is 2.10 bits per heavy atom. The predicted octanol–water partition coefficient (Wildman–Crippen LogP) is 2.87. The zero-order valence-electron chi connectivity index (χ0n) is 17.7. The van der Waals surface area contributed by atoms with E-state index in [4.69, 9.17) is 4.74 Å². The van der Waals surface area contributed by atoms with Crippen LogP contribution in [0.1, 0.15) is 56.2 Å². The van der Waals surface area contributed by atoms with Crippen LogP contribution in [0.4, 0.5) is 0 Å². The van der Waals surface area contributed by atoms with E-state index in [9.17, 15) is 0 Å². The lowest BCUT2D eigenvalue weighted by Gasteiger charge is -2.25. The van der Waals surface area contributed by atoms with Gasteiger partial charge in [0.1, 0.15) is 11.6 Å². The highest BCUT2D eigenvalue weighted by Crippen LogP contribution is 2.30. The minimum Gasteiger partial charge on any atom is -0.493 e. The van der Waals surface area contributed by atoms with E-state index in [2.05, 4.69) is 57.8 Å². The van der Waals surface area contributed by atoms with Crippen molar-refractivity contribution in [3.05, 3.63) is 41.5 Å². The van der Waals surface area contributed by atoms with E-state index in [0.717, 1.165) is 60.8 Å². The van der Waals surface area contributed by atoms with Gasteiger partial charge in [-0.2, -0.15) is 5.10 Å². The van der Waals surface area contributed by atoms with Crippen LogP contribution in [0, 0.1) is 5.92 Å². The summed E-state index contributed by atoms with van der Waals surface area (Å²) in [5, 5.41) is 11.6. The highest BCUT2D eigenvalue weighted by Gasteiger charge is 2.24. The van der Waals surface area contributed by atoms with Gasteiger partial charge in [0.15, 0.2) is 11.8 Å². The first-order chi connectivity index (χ1) is 14.1. The van der Waals surface area contributed by atoms with Crippen LogP contribution in [-0.2, 0) is 19.5 Å². The van der Waals surface area contributed by atoms with Crippen LogP contribution in [0.2, 0.25) is 0 Å². The molecule has 1 aromatic carbocycles. The Morgan fingerprint density at radius 3 is 2.86 bits per heavy atom. The Labute approximate surface area is 173 Å². The van der Waals surface area contributed by atoms with E-state index in [1.165, 1.54) is 12.8 Å². The number of nitrogens with one attached hydrogen (secondary N) is 2. The number of aromatic nitrogens is 3. The molecule has 29 heavy (non-hydrogen) atoms. The monoisotopic (exact) mass is 396 g/mol. The smallest absolute Gasteiger partial charge is 0.191 e. The number of ether oxygens (including phenoxy) is 1. The Morgan fingerprint density at radius 1 is 1.28 bits per heavy atom. The molecule has 2 heterocycles. The van der Waals surface area contributed by atoms with Gasteiger partial charge in [0, 0.05) is 37.5 Å². The zero-order valence-corrected chi connectivity index (χ0v) is 17.7. The van der Waals surface area contributed by atoms with Gasteiger partial charge in [-0.05, 0) is 31.2 Å². The van der Waals surface area contributed by atoms with Crippen molar-refractivity contribution in [2.75, 3.05) is 13.7 Å². The van der Waals surface area contributed by atoms with Gasteiger partial charge >= 0.3 is 0 Å². The predicted molar refractivity (Wildman–Crippen MR) is 114 cm³/mol. The molecular weight excluding hydrogens is 364 g/mol. The summed E-state index contributed by atoms with van der Waals surface area (Å²) in [7, 11) is 1.81. The first-order valence-corrected chi connectivity index (χ1v) is 10.7. The van der Waals surface area contributed by atoms with Crippen molar-refractivity contribution in [3.8, 4) is 5.75 Å². The summed E-state index contributed by atoms with van der Waals surface area (Å²) < 4.78 is 8.07. The lowest BCUT2D eigenvalue weighted by molar-refractivity contribution is 0.296. The van der Waals surface area contributed by atoms with E-state index >= 15 is 0 Å². The molecule has 2 aliphatic rings. The van der Waals surface area contributed by atoms with Crippen LogP contribution < -0.4 is 15.4 Å². The molecule has 1 saturated carbocycles. The van der Waals surface area contributed by atoms with Crippen molar-refractivity contribution in [1.82, 2.24) is 25.4 Å². The summed E-state index contributed by atoms with van der Waals surface area (Å²) in [5.74, 6) is 4.90. The number of rotatable bonds is 7. The fourth-order valence-corrected chi connectivity index (χ4v) is 3.54. The Balaban J connectivity index is 1.32. The minimum atomic E-state index is 0.289. The summed E-state index contributed by atoms with van der Waals surface area (Å²) >= 11 is 0. The molecule has 0 saturated heterocycles. The van der Waals surface area contributed by atoms with Gasteiger partial charge in [0.25, 0.3) is 0 Å². The molecule has 0 amide bonds. The topological polar surface area (TPSA) is 76.4 Å². The maximum Gasteiger partial charge on any atom is 0.191 e. The summed E-state index contributed by atoms with van der Waals surface area (Å²) in [6, 6.07) is 8.53. The quantitative estimate of drug-likeness (QED) is 0.556. The standard InChI is InChI=1S/C22H32N6O/c1-15(2)21-26-20-11-10-18(13-28(20)27-21)25-22(23-3)24-12-17-6-4-5-7-19(17)29-14-16-8-9-16/h4-7,15-16,18H,8-14H2,1-3H3,(H2,23,24,25). The summed E-state index contributed by atoms with van der Waals surface area (Å²) in [4.78, 5) is 9.08. The van der Waals surface area contributed by atoms with E-state index in [1.807, 2.05) is 17.8 Å². The van der Waals surface area contributed by atoms with Crippen molar-refractivity contribution < 1.29 is 4.74 Å². The van der Waals surface area contributed by atoms with Crippen molar-refractivity contribution >= 4 is 5.96 Å². The second-order valence-electron chi connectivity index (χ2n) is 8.39. The maximum absolute atomic E-state index is 6.02. The number of para-hydroxylation sites is 1. The lowest BCUT2D eigenvalue weighted by atomic mass is 10.1. The van der Waals surface area contributed by atoms with Crippen LogP contribution in [-0.4, -0.2) is 40.4 Å². The van der Waals surface area contributed by atoms with E-state index in [1.54, 1.807) is 0 Å². The number of aliphatic imine (C=N–C) groups is 1. The highest BCUT2D eigenvalue weighted by atomic mass is 16.5. The number of hydrogen-bond donors (Lipinski definition) is 2. The van der Waals surface area contributed by atoms with Gasteiger partial charge in [0.05, 0.1) is 13.2 Å². The van der Waals surface area contributed by atoms with Crippen LogP contribution in [0.15, 0.2) is 29.3 Å². The fraction of sp³-hybridized carbons (Fsp3) is 0.591. The number of aryl methyl sites for hydroxylation is 1. The van der Waals surface area contributed by atoms with Gasteiger partial charge in [-0.15, -0.1) is 0 Å². The number of benzene rings is 1. The molecule has 1 atom stereocenters. The molecule has 7 nitrogen and oxygen atoms in total. The lowest BCUT2D eigenvalue weighted by Crippen LogP contribution is -2.46. The second-order valence-corrected chi connectivity index (χ2v) is 8.39. The first-order valence-electron chi connectivity index (χ1n) is 10.7. The molecular formula is C22H32N6O. The largest absolute Gasteiger partial charge is 0.493 e. The van der Waals surface area contributed by atoms with Gasteiger partial charge in [-0.1, -0.05) is 32.0 Å². The van der Waals surface area contributed by atoms with Crippen molar-refractivity contribution in [1.29, 1.82) is 0 Å². The van der Waals surface area contributed by atoms with E-state index in [0.29, 0.717) is 12.5 Å². The molecule has 0 bridgehead atoms. The summed E-state index contributed by atoms with van der Waals surface area (Å²) in [6.07, 6.45) is 4.55. The Hall–Kier alpha value is -2.57. The third kappa shape index (κ3) is 5.08. The van der Waals surface area contributed by atoms with Crippen molar-refractivity contribution in [3.63, 3.8) is 0 Å². The molecule has 1 aliphatic carbocycles. The number of fused-ring (bicyclic) bond motifs is 1. The van der Waals surface area contributed by atoms with Crippen LogP contribution in [0.5, 0.6) is 5.75 Å². The molecule has 4 rings (SSSR count). The van der Waals surface area contributed by atoms with Gasteiger partial charge in [-0.25, -0.2) is 9.67 Å². The molecule has 1 aromatic heterocycles. The normalized spacial score (nSPS) is 19.2. The Kier molecular flexibility index (Phi) is 6.02. The number of guanidine groups is 1. The van der Waals surface area contributed by atoms with Gasteiger partial charge < -0.3 is 15.4 Å². The number of nitrogens with zero attached hydrogens (tertiary/aromatic N) is 4. The van der Waals surface area contributed by atoms with Crippen molar-refractivity contribution in [2.24, 2.45) is 10.9 Å². The fourth-order valence-electron chi connectivity index (χ4n) is 3.54. The molecule has 1 fully saturated rings. The molecule has 2 N–H and O–H groups in total. The van der Waals surface area contributed by atoms with Gasteiger partial charge in [0.2, 0.25) is 0 Å². The van der Waals surface area contributed by atoms with E-state index in [-0.39, 0.29) is 6.04 Å². The molecule has 2 aromatic rings. The Bertz CT molecular complexity index is 855. The highest BCUT2D eigenvalue weighted by molar-refractivity contribution is 5.80. The second kappa shape index (κ2) is 8.84. The summed E-state index contributed by atoms with van der Waals surface area (Å²) in [6.45, 7) is 6.59. The SMILES string of the molecule is CN=C(NCc1ccccc1OCC1CC1)NC1CCc2nc(C(C)C)nn2C1. The number of hydrogen-bond acceptors (Lipinski definition) is 4. The third-order valence-electron chi connectivity index (χ3n) is 5.55. The average molecular weight is 397 g/mol. The van der Waals surface area contributed by atoms with Crippen LogP contribution in [0.3, 0.4) is 0 Å². The van der Waals surface area contributed by atoms with Gasteiger partial charge in [-0.3, -0.25) is 4.99 Å². The summed E-state index contributed by atoms with van der Waals surface area (Å²) in [5.41, 5.74) is 1.15.